The highest BCUT2D eigenvalue weighted by molar-refractivity contribution is 6.30. The highest BCUT2D eigenvalue weighted by Crippen LogP contribution is 2.52. The highest BCUT2D eigenvalue weighted by Gasteiger charge is 2.51. The van der Waals surface area contributed by atoms with Crippen LogP contribution in [-0.4, -0.2) is 30.5 Å². The van der Waals surface area contributed by atoms with Crippen molar-refractivity contribution in [2.75, 3.05) is 13.7 Å². The lowest BCUT2D eigenvalue weighted by Crippen LogP contribution is -2.37. The fourth-order valence-electron chi connectivity index (χ4n) is 5.79. The van der Waals surface area contributed by atoms with Gasteiger partial charge >= 0.3 is 0 Å². The number of hydrogen-bond donors (Lipinski definition) is 0. The number of halogens is 1. The van der Waals surface area contributed by atoms with E-state index in [0.717, 1.165) is 36.1 Å². The molecule has 1 aliphatic carbocycles. The molecule has 4 rings (SSSR count). The number of fused-ring (bicyclic) bond motifs is 2. The largest absolute Gasteiger partial charge is 0.496 e. The van der Waals surface area contributed by atoms with Gasteiger partial charge in [0.1, 0.15) is 5.75 Å². The van der Waals surface area contributed by atoms with E-state index in [9.17, 15) is 4.79 Å². The Bertz CT molecular complexity index is 967. The third-order valence-corrected chi connectivity index (χ3v) is 6.85. The number of carbonyl (C=O) groups excluding carboxylic acids is 1. The Morgan fingerprint density at radius 2 is 1.86 bits per heavy atom. The molecule has 0 aromatic heterocycles. The first-order valence-electron chi connectivity index (χ1n) is 10.4. The van der Waals surface area contributed by atoms with Crippen molar-refractivity contribution in [1.29, 1.82) is 0 Å². The van der Waals surface area contributed by atoms with Crippen molar-refractivity contribution in [1.82, 2.24) is 4.90 Å². The third kappa shape index (κ3) is 3.77. The van der Waals surface area contributed by atoms with E-state index in [0.29, 0.717) is 27.8 Å². The first-order chi connectivity index (χ1) is 13.6. The summed E-state index contributed by atoms with van der Waals surface area (Å²) < 4.78 is 5.67. The maximum Gasteiger partial charge on any atom is 0.254 e. The van der Waals surface area contributed by atoms with Crippen molar-refractivity contribution >= 4 is 17.5 Å². The maximum atomic E-state index is 13.4. The molecule has 1 saturated heterocycles. The van der Waals surface area contributed by atoms with Crippen molar-refractivity contribution < 1.29 is 9.53 Å². The summed E-state index contributed by atoms with van der Waals surface area (Å²) >= 11 is 6.22. The minimum absolute atomic E-state index is 0.115. The number of rotatable bonds is 3. The van der Waals surface area contributed by atoms with Crippen LogP contribution in [-0.2, 0) is 0 Å². The zero-order valence-electron chi connectivity index (χ0n) is 18.0. The van der Waals surface area contributed by atoms with Crippen molar-refractivity contribution in [3.05, 3.63) is 52.5 Å². The number of amides is 1. The van der Waals surface area contributed by atoms with Crippen LogP contribution >= 0.6 is 11.6 Å². The van der Waals surface area contributed by atoms with Gasteiger partial charge in [0.05, 0.1) is 7.11 Å². The van der Waals surface area contributed by atoms with Gasteiger partial charge in [0, 0.05) is 28.7 Å². The molecule has 2 aromatic rings. The van der Waals surface area contributed by atoms with Crippen LogP contribution in [0.3, 0.4) is 0 Å². The number of benzene rings is 2. The summed E-state index contributed by atoms with van der Waals surface area (Å²) in [6.07, 6.45) is 3.36. The number of ether oxygens (including phenoxy) is 1. The maximum absolute atomic E-state index is 13.4. The Balaban J connectivity index is 1.66. The highest BCUT2D eigenvalue weighted by atomic mass is 35.5. The van der Waals surface area contributed by atoms with E-state index in [1.54, 1.807) is 7.11 Å². The van der Waals surface area contributed by atoms with Crippen LogP contribution in [0.2, 0.25) is 5.02 Å². The predicted octanol–water partition coefficient (Wildman–Crippen LogP) is 6.36. The van der Waals surface area contributed by atoms with Crippen LogP contribution in [0.15, 0.2) is 36.4 Å². The summed E-state index contributed by atoms with van der Waals surface area (Å²) in [6, 6.07) is 12.0. The van der Waals surface area contributed by atoms with Gasteiger partial charge in [-0.2, -0.15) is 0 Å². The first kappa shape index (κ1) is 20.3. The van der Waals surface area contributed by atoms with Gasteiger partial charge in [0.2, 0.25) is 0 Å². The van der Waals surface area contributed by atoms with Crippen LogP contribution in [0.5, 0.6) is 5.75 Å². The molecule has 1 aliphatic heterocycles. The van der Waals surface area contributed by atoms with Gasteiger partial charge < -0.3 is 9.64 Å². The van der Waals surface area contributed by atoms with Gasteiger partial charge in [-0.25, -0.2) is 0 Å². The van der Waals surface area contributed by atoms with Crippen molar-refractivity contribution in [3.63, 3.8) is 0 Å². The lowest BCUT2D eigenvalue weighted by Gasteiger charge is -2.39. The molecule has 0 unspecified atom stereocenters. The zero-order chi connectivity index (χ0) is 21.0. The van der Waals surface area contributed by atoms with E-state index in [4.69, 9.17) is 16.3 Å². The van der Waals surface area contributed by atoms with Gasteiger partial charge in [0.25, 0.3) is 5.91 Å². The summed E-state index contributed by atoms with van der Waals surface area (Å²) in [5, 5.41) is 0.688. The van der Waals surface area contributed by atoms with Crippen LogP contribution < -0.4 is 4.74 Å². The molecule has 0 radical (unpaired) electrons. The number of likely N-dealkylation sites (tertiary alicyclic amines) is 1. The fraction of sp³-hybridized carbons (Fsp3) is 0.480. The summed E-state index contributed by atoms with van der Waals surface area (Å²) in [4.78, 5) is 15.5. The third-order valence-electron chi connectivity index (χ3n) is 6.61. The lowest BCUT2D eigenvalue weighted by molar-refractivity contribution is 0.0708. The fourth-order valence-corrected chi connectivity index (χ4v) is 5.97. The van der Waals surface area contributed by atoms with E-state index in [2.05, 4.69) is 32.6 Å². The van der Waals surface area contributed by atoms with Crippen molar-refractivity contribution in [2.24, 2.45) is 10.8 Å². The Labute approximate surface area is 179 Å². The van der Waals surface area contributed by atoms with E-state index in [1.807, 2.05) is 36.4 Å². The summed E-state index contributed by atoms with van der Waals surface area (Å²) in [5.41, 5.74) is 4.31. The molecule has 29 heavy (non-hydrogen) atoms. The average Bonchev–Trinajstić information content (AvgIpc) is 2.91. The Morgan fingerprint density at radius 3 is 2.59 bits per heavy atom. The van der Waals surface area contributed by atoms with Crippen LogP contribution in [0, 0.1) is 17.8 Å². The van der Waals surface area contributed by atoms with Crippen molar-refractivity contribution in [2.45, 2.75) is 53.0 Å². The molecule has 1 heterocycles. The van der Waals surface area contributed by atoms with Gasteiger partial charge in [0.15, 0.2) is 0 Å². The first-order valence-corrected chi connectivity index (χ1v) is 10.7. The number of nitrogens with zero attached hydrogens (tertiary/aromatic N) is 1. The number of methoxy groups -OCH3 is 1. The normalized spacial score (nSPS) is 25.2. The minimum Gasteiger partial charge on any atom is -0.496 e. The standard InChI is InChI=1S/C25H30ClNO2/c1-16-6-8-18(26)11-21(16)20-9-7-17(10-22(20)29-5)23(28)27-15-25(4)13-19(27)12-24(2,3)14-25/h6-11,19H,12-15H2,1-5H3/t19-,25-/m1/s1. The second kappa shape index (κ2) is 7.05. The monoisotopic (exact) mass is 411 g/mol. The zero-order valence-corrected chi connectivity index (χ0v) is 18.8. The molecule has 2 bridgehead atoms. The van der Waals surface area contributed by atoms with Crippen LogP contribution in [0.4, 0.5) is 0 Å². The minimum atomic E-state index is 0.115. The SMILES string of the molecule is COc1cc(C(=O)N2C[C@]3(C)C[C@H]2CC(C)(C)C3)ccc1-c1cc(Cl)ccc1C. The predicted molar refractivity (Wildman–Crippen MR) is 119 cm³/mol. The molecule has 1 saturated carbocycles. The van der Waals surface area contributed by atoms with Crippen LogP contribution in [0.1, 0.15) is 56.0 Å². The molecule has 2 aromatic carbocycles. The molecule has 0 spiro atoms. The van der Waals surface area contributed by atoms with E-state index in [-0.39, 0.29) is 11.3 Å². The quantitative estimate of drug-likeness (QED) is 0.587. The van der Waals surface area contributed by atoms with Gasteiger partial charge in [-0.05, 0) is 78.5 Å². The molecular weight excluding hydrogens is 382 g/mol. The lowest BCUT2D eigenvalue weighted by atomic mass is 9.65. The second-order valence-corrected chi connectivity index (χ2v) is 10.5. The molecule has 0 N–H and O–H groups in total. The second-order valence-electron chi connectivity index (χ2n) is 10.0. The van der Waals surface area contributed by atoms with E-state index in [1.165, 1.54) is 6.42 Å². The Kier molecular flexibility index (Phi) is 4.93. The number of hydrogen-bond acceptors (Lipinski definition) is 2. The van der Waals surface area contributed by atoms with Gasteiger partial charge in [-0.1, -0.05) is 38.4 Å². The van der Waals surface area contributed by atoms with E-state index >= 15 is 0 Å². The van der Waals surface area contributed by atoms with Crippen molar-refractivity contribution in [3.8, 4) is 16.9 Å². The molecule has 3 nitrogen and oxygen atoms in total. The molecule has 2 atom stereocenters. The summed E-state index contributed by atoms with van der Waals surface area (Å²) in [6.45, 7) is 9.89. The Morgan fingerprint density at radius 1 is 1.10 bits per heavy atom. The molecule has 2 aliphatic rings. The smallest absolute Gasteiger partial charge is 0.254 e. The molecule has 4 heteroatoms. The van der Waals surface area contributed by atoms with E-state index < -0.39 is 0 Å². The number of aryl methyl sites for hydroxylation is 1. The molecule has 2 fully saturated rings. The Hall–Kier alpha value is -2.00. The number of carbonyl (C=O) groups is 1. The molecule has 154 valence electrons. The molecule has 1 amide bonds. The average molecular weight is 412 g/mol. The summed E-state index contributed by atoms with van der Waals surface area (Å²) in [7, 11) is 1.65. The van der Waals surface area contributed by atoms with Crippen LogP contribution in [0.25, 0.3) is 11.1 Å². The topological polar surface area (TPSA) is 29.5 Å². The van der Waals surface area contributed by atoms with Gasteiger partial charge in [-0.3, -0.25) is 4.79 Å². The summed E-state index contributed by atoms with van der Waals surface area (Å²) in [5.74, 6) is 0.819. The molecular formula is C25H30ClNO2. The van der Waals surface area contributed by atoms with Gasteiger partial charge in [-0.15, -0.1) is 0 Å².